The molecule has 1 rings (SSSR count). The van der Waals surface area contributed by atoms with E-state index in [0.29, 0.717) is 15.5 Å². The Labute approximate surface area is 93.4 Å². The van der Waals surface area contributed by atoms with Crippen LogP contribution in [0.2, 0.25) is 0 Å². The molecule has 3 nitrogen and oxygen atoms in total. The van der Waals surface area contributed by atoms with E-state index in [1.807, 2.05) is 13.8 Å². The normalized spacial score (nSPS) is 18.1. The molecule has 0 aliphatic carbocycles. The predicted octanol–water partition coefficient (Wildman–Crippen LogP) is 2.01. The van der Waals surface area contributed by atoms with Gasteiger partial charge in [0.15, 0.2) is 0 Å². The van der Waals surface area contributed by atoms with Crippen LogP contribution < -0.4 is 0 Å². The lowest BCUT2D eigenvalue weighted by Crippen LogP contribution is -2.34. The zero-order valence-electron chi connectivity index (χ0n) is 7.30. The monoisotopic (exact) mass is 309 g/mol. The highest BCUT2D eigenvalue weighted by molar-refractivity contribution is 9.14. The van der Waals surface area contributed by atoms with E-state index in [9.17, 15) is 9.59 Å². The number of nitrogens with zero attached hydrogens (tertiary/aromatic N) is 1. The molecule has 2 amide bonds. The average Bonchev–Trinajstić information content (AvgIpc) is 2.22. The minimum absolute atomic E-state index is 0.259. The molecule has 0 aromatic rings. The Morgan fingerprint density at radius 1 is 1.15 bits per heavy atom. The van der Waals surface area contributed by atoms with E-state index in [0.717, 1.165) is 0 Å². The van der Waals surface area contributed by atoms with Crippen LogP contribution >= 0.6 is 31.9 Å². The second-order valence-electron chi connectivity index (χ2n) is 3.24. The molecule has 72 valence electrons. The molecule has 0 saturated heterocycles. The maximum atomic E-state index is 11.4. The molecule has 0 aromatic carbocycles. The summed E-state index contributed by atoms with van der Waals surface area (Å²) < 4.78 is 0.635. The average molecular weight is 311 g/mol. The molecule has 0 atom stereocenters. The minimum atomic E-state index is -0.259. The third-order valence-electron chi connectivity index (χ3n) is 1.61. The number of imide groups is 1. The van der Waals surface area contributed by atoms with E-state index < -0.39 is 0 Å². The Morgan fingerprint density at radius 2 is 1.54 bits per heavy atom. The highest BCUT2D eigenvalue weighted by atomic mass is 79.9. The number of hydrogen-bond donors (Lipinski definition) is 0. The van der Waals surface area contributed by atoms with Gasteiger partial charge in [0.1, 0.15) is 8.96 Å². The summed E-state index contributed by atoms with van der Waals surface area (Å²) in [5.74, 6) is -0.234. The van der Waals surface area contributed by atoms with Crippen LogP contribution in [-0.4, -0.2) is 23.3 Å². The van der Waals surface area contributed by atoms with E-state index >= 15 is 0 Å². The van der Waals surface area contributed by atoms with Crippen LogP contribution in [0.5, 0.6) is 0 Å². The van der Waals surface area contributed by atoms with Gasteiger partial charge in [0, 0.05) is 6.54 Å². The van der Waals surface area contributed by atoms with Crippen LogP contribution in [-0.2, 0) is 9.59 Å². The van der Waals surface area contributed by atoms with Crippen LogP contribution in [0.4, 0.5) is 0 Å². The van der Waals surface area contributed by atoms with Gasteiger partial charge in [-0.3, -0.25) is 14.5 Å². The van der Waals surface area contributed by atoms with Crippen LogP contribution in [0.15, 0.2) is 8.96 Å². The summed E-state index contributed by atoms with van der Waals surface area (Å²) >= 11 is 6.12. The summed E-state index contributed by atoms with van der Waals surface area (Å²) in [6.45, 7) is 4.38. The first-order valence-electron chi connectivity index (χ1n) is 3.86. The quantitative estimate of drug-likeness (QED) is 0.732. The number of hydrogen-bond acceptors (Lipinski definition) is 2. The topological polar surface area (TPSA) is 37.4 Å². The molecular formula is C8H9Br2NO2. The number of halogens is 2. The van der Waals surface area contributed by atoms with Crippen molar-refractivity contribution in [3.8, 4) is 0 Å². The van der Waals surface area contributed by atoms with Gasteiger partial charge in [-0.25, -0.2) is 0 Å². The fourth-order valence-corrected chi connectivity index (χ4v) is 1.82. The Kier molecular flexibility index (Phi) is 3.29. The highest BCUT2D eigenvalue weighted by Gasteiger charge is 2.35. The molecule has 1 heterocycles. The molecule has 0 saturated carbocycles. The second kappa shape index (κ2) is 3.92. The zero-order valence-corrected chi connectivity index (χ0v) is 10.5. The summed E-state index contributed by atoms with van der Waals surface area (Å²) in [7, 11) is 0. The Balaban J connectivity index is 2.85. The molecule has 0 aromatic heterocycles. The first-order valence-corrected chi connectivity index (χ1v) is 5.45. The summed E-state index contributed by atoms with van der Waals surface area (Å²) in [6, 6.07) is 0. The Hall–Kier alpha value is -0.160. The fourth-order valence-electron chi connectivity index (χ4n) is 1.05. The lowest BCUT2D eigenvalue weighted by atomic mass is 10.2. The van der Waals surface area contributed by atoms with Gasteiger partial charge in [-0.15, -0.1) is 0 Å². The first-order chi connectivity index (χ1) is 5.95. The van der Waals surface area contributed by atoms with Gasteiger partial charge in [-0.1, -0.05) is 13.8 Å². The number of amides is 2. The maximum absolute atomic E-state index is 11.4. The van der Waals surface area contributed by atoms with Crippen molar-refractivity contribution in [2.75, 3.05) is 6.54 Å². The summed E-state index contributed by atoms with van der Waals surface area (Å²) in [6.07, 6.45) is 0. The van der Waals surface area contributed by atoms with Gasteiger partial charge in [-0.2, -0.15) is 0 Å². The minimum Gasteiger partial charge on any atom is -0.273 e. The zero-order chi connectivity index (χ0) is 10.2. The van der Waals surface area contributed by atoms with Crippen LogP contribution in [0.1, 0.15) is 13.8 Å². The van der Waals surface area contributed by atoms with E-state index in [4.69, 9.17) is 0 Å². The van der Waals surface area contributed by atoms with Gasteiger partial charge >= 0.3 is 0 Å². The van der Waals surface area contributed by atoms with Gasteiger partial charge in [0.2, 0.25) is 0 Å². The van der Waals surface area contributed by atoms with E-state index in [-0.39, 0.29) is 17.7 Å². The standard InChI is InChI=1S/C8H9Br2NO2/c1-4(2)3-11-7(12)5(9)6(10)8(11)13/h4H,3H2,1-2H3. The predicted molar refractivity (Wildman–Crippen MR) is 56.4 cm³/mol. The van der Waals surface area contributed by atoms with Gasteiger partial charge in [-0.05, 0) is 37.8 Å². The van der Waals surface area contributed by atoms with Crippen LogP contribution in [0.3, 0.4) is 0 Å². The van der Waals surface area contributed by atoms with Gasteiger partial charge < -0.3 is 0 Å². The molecule has 0 spiro atoms. The Bertz CT molecular complexity index is 273. The lowest BCUT2D eigenvalue weighted by molar-refractivity contribution is -0.137. The van der Waals surface area contributed by atoms with E-state index in [1.54, 1.807) is 0 Å². The largest absolute Gasteiger partial charge is 0.273 e. The Morgan fingerprint density at radius 3 is 1.85 bits per heavy atom. The molecule has 5 heteroatoms. The highest BCUT2D eigenvalue weighted by Crippen LogP contribution is 2.29. The van der Waals surface area contributed by atoms with E-state index in [1.165, 1.54) is 4.90 Å². The van der Waals surface area contributed by atoms with Crippen molar-refractivity contribution in [2.24, 2.45) is 5.92 Å². The molecular weight excluding hydrogens is 302 g/mol. The summed E-state index contributed by atoms with van der Waals surface area (Å²) in [5, 5.41) is 0. The smallest absolute Gasteiger partial charge is 0.269 e. The maximum Gasteiger partial charge on any atom is 0.269 e. The molecule has 0 fully saturated rings. The van der Waals surface area contributed by atoms with Crippen molar-refractivity contribution in [3.05, 3.63) is 8.96 Å². The van der Waals surface area contributed by atoms with Crippen molar-refractivity contribution in [1.82, 2.24) is 4.90 Å². The van der Waals surface area contributed by atoms with Crippen LogP contribution in [0, 0.1) is 5.92 Å². The summed E-state index contributed by atoms with van der Waals surface area (Å²) in [5.41, 5.74) is 0. The molecule has 0 radical (unpaired) electrons. The van der Waals surface area contributed by atoms with Crippen molar-refractivity contribution < 1.29 is 9.59 Å². The molecule has 0 unspecified atom stereocenters. The molecule has 1 aliphatic heterocycles. The third-order valence-corrected chi connectivity index (χ3v) is 3.61. The second-order valence-corrected chi connectivity index (χ2v) is 4.83. The first kappa shape index (κ1) is 10.9. The number of carbonyl (C=O) groups excluding carboxylic acids is 2. The van der Waals surface area contributed by atoms with Crippen molar-refractivity contribution in [2.45, 2.75) is 13.8 Å². The van der Waals surface area contributed by atoms with Gasteiger partial charge in [0.25, 0.3) is 11.8 Å². The van der Waals surface area contributed by atoms with Crippen molar-refractivity contribution in [1.29, 1.82) is 0 Å². The molecule has 0 bridgehead atoms. The number of carbonyl (C=O) groups is 2. The van der Waals surface area contributed by atoms with E-state index in [2.05, 4.69) is 31.9 Å². The van der Waals surface area contributed by atoms with Gasteiger partial charge in [0.05, 0.1) is 0 Å². The van der Waals surface area contributed by atoms with Crippen LogP contribution in [0.25, 0.3) is 0 Å². The van der Waals surface area contributed by atoms with Crippen molar-refractivity contribution in [3.63, 3.8) is 0 Å². The lowest BCUT2D eigenvalue weighted by Gasteiger charge is -2.16. The van der Waals surface area contributed by atoms with Crippen molar-refractivity contribution >= 4 is 43.7 Å². The molecule has 1 aliphatic rings. The third kappa shape index (κ3) is 2.02. The molecule has 13 heavy (non-hydrogen) atoms. The number of rotatable bonds is 2. The SMILES string of the molecule is CC(C)CN1C(=O)C(Br)=C(Br)C1=O. The molecule has 0 N–H and O–H groups in total. The fraction of sp³-hybridized carbons (Fsp3) is 0.500. The summed E-state index contributed by atoms with van der Waals surface area (Å²) in [4.78, 5) is 24.1.